The molecule has 2 aliphatic heterocycles. The molecule has 1 aromatic rings. The molecule has 1 aromatic heterocycles. The maximum atomic E-state index is 4.40. The highest BCUT2D eigenvalue weighted by Crippen LogP contribution is 2.19. The molecule has 3 heterocycles. The van der Waals surface area contributed by atoms with E-state index in [1.807, 2.05) is 12.3 Å². The molecule has 0 N–H and O–H groups in total. The number of rotatable bonds is 1. The van der Waals surface area contributed by atoms with Crippen LogP contribution in [-0.4, -0.2) is 115 Å². The van der Waals surface area contributed by atoms with Crippen LogP contribution in [0.2, 0.25) is 0 Å². The van der Waals surface area contributed by atoms with Crippen molar-refractivity contribution < 1.29 is 0 Å². The summed E-state index contributed by atoms with van der Waals surface area (Å²) in [5.74, 6) is 1.11. The lowest BCUT2D eigenvalue weighted by atomic mass is 10.1. The maximum absolute atomic E-state index is 4.40. The molecule has 2 aliphatic rings. The highest BCUT2D eigenvalue weighted by Gasteiger charge is 2.26. The van der Waals surface area contributed by atoms with Crippen molar-refractivity contribution in [3.8, 4) is 0 Å². The Kier molecular flexibility index (Phi) is 12.0. The van der Waals surface area contributed by atoms with Gasteiger partial charge in [-0.2, -0.15) is 0 Å². The molecule has 6 heteroatoms. The fourth-order valence-corrected chi connectivity index (χ4v) is 3.62. The van der Waals surface area contributed by atoms with E-state index in [1.165, 1.54) is 26.2 Å². The molecule has 0 amide bonds. The lowest BCUT2D eigenvalue weighted by Gasteiger charge is -2.42. The van der Waals surface area contributed by atoms with E-state index in [2.05, 4.69) is 125 Å². The summed E-state index contributed by atoms with van der Waals surface area (Å²) < 4.78 is 0. The highest BCUT2D eigenvalue weighted by atomic mass is 15.3. The first kappa shape index (κ1) is 30.8. The van der Waals surface area contributed by atoms with Gasteiger partial charge in [0.2, 0.25) is 0 Å². The molecule has 34 heavy (non-hydrogen) atoms. The number of nitrogens with zero attached hydrogens (tertiary/aromatic N) is 6. The van der Waals surface area contributed by atoms with Crippen molar-refractivity contribution in [2.24, 2.45) is 0 Å². The second-order valence-corrected chi connectivity index (χ2v) is 12.9. The van der Waals surface area contributed by atoms with Crippen LogP contribution in [0.5, 0.6) is 0 Å². The second-order valence-electron chi connectivity index (χ2n) is 12.9. The summed E-state index contributed by atoms with van der Waals surface area (Å²) in [5.41, 5.74) is 0.984. The zero-order valence-electron chi connectivity index (χ0n) is 24.6. The first-order valence-electron chi connectivity index (χ1n) is 13.0. The molecule has 0 unspecified atom stereocenters. The minimum atomic E-state index is 0.288. The largest absolute Gasteiger partial charge is 0.354 e. The van der Waals surface area contributed by atoms with Crippen LogP contribution in [0, 0.1) is 0 Å². The van der Waals surface area contributed by atoms with Crippen molar-refractivity contribution in [2.75, 3.05) is 78.4 Å². The molecule has 2 fully saturated rings. The molecule has 0 aliphatic carbocycles. The molecule has 0 aromatic carbocycles. The van der Waals surface area contributed by atoms with Gasteiger partial charge in [0.15, 0.2) is 0 Å². The molecule has 2 saturated heterocycles. The van der Waals surface area contributed by atoms with Crippen molar-refractivity contribution >= 4 is 5.82 Å². The van der Waals surface area contributed by atoms with Gasteiger partial charge in [-0.25, -0.2) is 4.98 Å². The Morgan fingerprint density at radius 3 is 1.41 bits per heavy atom. The molecule has 0 atom stereocenters. The van der Waals surface area contributed by atoms with Crippen molar-refractivity contribution in [3.05, 3.63) is 24.4 Å². The number of aromatic nitrogens is 1. The Bertz CT molecular complexity index is 653. The summed E-state index contributed by atoms with van der Waals surface area (Å²) in [6.07, 6.45) is 1.87. The van der Waals surface area contributed by atoms with Crippen LogP contribution in [0.1, 0.15) is 62.3 Å². The van der Waals surface area contributed by atoms with E-state index >= 15 is 0 Å². The van der Waals surface area contributed by atoms with Crippen LogP contribution in [0.4, 0.5) is 5.82 Å². The lowest BCUT2D eigenvalue weighted by molar-refractivity contribution is 0.0735. The lowest BCUT2D eigenvalue weighted by Crippen LogP contribution is -2.53. The van der Waals surface area contributed by atoms with E-state index in [1.54, 1.807) is 0 Å². The fourth-order valence-electron chi connectivity index (χ4n) is 3.62. The number of likely N-dealkylation sites (N-methyl/N-ethyl adjacent to an activating group) is 1. The average molecular weight is 477 g/mol. The minimum Gasteiger partial charge on any atom is -0.354 e. The maximum Gasteiger partial charge on any atom is 0.128 e. The van der Waals surface area contributed by atoms with Gasteiger partial charge in [0, 0.05) is 75.2 Å². The average Bonchev–Trinajstić information content (AvgIpc) is 2.74. The number of anilines is 1. The van der Waals surface area contributed by atoms with Gasteiger partial charge in [-0.05, 0) is 95.6 Å². The Morgan fingerprint density at radius 1 is 0.676 bits per heavy atom. The third kappa shape index (κ3) is 11.5. The number of hydrogen-bond donors (Lipinski definition) is 0. The summed E-state index contributed by atoms with van der Waals surface area (Å²) in [7, 11) is 6.36. The summed E-state index contributed by atoms with van der Waals surface area (Å²) >= 11 is 0. The van der Waals surface area contributed by atoms with Gasteiger partial charge in [-0.3, -0.25) is 9.80 Å². The third-order valence-corrected chi connectivity index (χ3v) is 7.00. The number of hydrogen-bond acceptors (Lipinski definition) is 6. The van der Waals surface area contributed by atoms with E-state index in [9.17, 15) is 0 Å². The zero-order chi connectivity index (χ0) is 26.2. The Balaban J connectivity index is 0.000000280. The molecule has 0 spiro atoms. The fraction of sp³-hybridized carbons (Fsp3) is 0.821. The summed E-state index contributed by atoms with van der Waals surface area (Å²) in [5, 5.41) is 0. The van der Waals surface area contributed by atoms with E-state index < -0.39 is 0 Å². The van der Waals surface area contributed by atoms with Gasteiger partial charge in [-0.1, -0.05) is 6.07 Å². The smallest absolute Gasteiger partial charge is 0.128 e. The van der Waals surface area contributed by atoms with Crippen LogP contribution in [0.25, 0.3) is 0 Å². The third-order valence-electron chi connectivity index (χ3n) is 7.00. The number of piperazine rings is 2. The van der Waals surface area contributed by atoms with Crippen LogP contribution in [0.15, 0.2) is 24.4 Å². The quantitative estimate of drug-likeness (QED) is 0.597. The highest BCUT2D eigenvalue weighted by molar-refractivity contribution is 5.38. The van der Waals surface area contributed by atoms with Gasteiger partial charge in [0.05, 0.1) is 0 Å². The second kappa shape index (κ2) is 13.2. The van der Waals surface area contributed by atoms with E-state index in [4.69, 9.17) is 0 Å². The molecular formula is C28H56N6. The Labute approximate surface area is 212 Å². The van der Waals surface area contributed by atoms with Crippen molar-refractivity contribution in [1.29, 1.82) is 0 Å². The predicted molar refractivity (Wildman–Crippen MR) is 150 cm³/mol. The normalized spacial score (nSPS) is 19.3. The first-order valence-corrected chi connectivity index (χ1v) is 13.0. The topological polar surface area (TPSA) is 29.1 Å². The van der Waals surface area contributed by atoms with Crippen molar-refractivity contribution in [1.82, 2.24) is 24.6 Å². The molecule has 0 saturated carbocycles. The Hall–Kier alpha value is -1.21. The van der Waals surface area contributed by atoms with E-state index in [0.717, 1.165) is 32.0 Å². The van der Waals surface area contributed by atoms with Crippen molar-refractivity contribution in [3.63, 3.8) is 0 Å². The van der Waals surface area contributed by atoms with Crippen LogP contribution in [-0.2, 0) is 0 Å². The summed E-state index contributed by atoms with van der Waals surface area (Å²) in [6, 6.07) is 6.11. The van der Waals surface area contributed by atoms with Crippen LogP contribution >= 0.6 is 0 Å². The monoisotopic (exact) mass is 476 g/mol. The van der Waals surface area contributed by atoms with Gasteiger partial charge in [0.25, 0.3) is 0 Å². The SMILES string of the molecule is CC(C)(C)N1CCN(c2ccccn2)CC1.CN(C)C(C)(C)C.CN1CCN(C(C)(C)C)CC1. The molecule has 3 rings (SSSR count). The van der Waals surface area contributed by atoms with Gasteiger partial charge in [0.1, 0.15) is 5.82 Å². The summed E-state index contributed by atoms with van der Waals surface area (Å²) in [4.78, 5) is 16.4. The van der Waals surface area contributed by atoms with E-state index in [0.29, 0.717) is 11.1 Å². The molecule has 198 valence electrons. The van der Waals surface area contributed by atoms with E-state index in [-0.39, 0.29) is 5.54 Å². The number of pyridine rings is 1. The van der Waals surface area contributed by atoms with Gasteiger partial charge < -0.3 is 14.7 Å². The molecule has 0 radical (unpaired) electrons. The summed E-state index contributed by atoms with van der Waals surface area (Å²) in [6.45, 7) is 29.6. The Morgan fingerprint density at radius 2 is 1.09 bits per heavy atom. The minimum absolute atomic E-state index is 0.288. The van der Waals surface area contributed by atoms with Crippen molar-refractivity contribution in [2.45, 2.75) is 78.9 Å². The van der Waals surface area contributed by atoms with Gasteiger partial charge in [-0.15, -0.1) is 0 Å². The zero-order valence-corrected chi connectivity index (χ0v) is 24.6. The molecule has 6 nitrogen and oxygen atoms in total. The predicted octanol–water partition coefficient (Wildman–Crippen LogP) is 4.38. The molecular weight excluding hydrogens is 420 g/mol. The van der Waals surface area contributed by atoms with Crippen LogP contribution in [0.3, 0.4) is 0 Å². The van der Waals surface area contributed by atoms with Gasteiger partial charge >= 0.3 is 0 Å². The van der Waals surface area contributed by atoms with Crippen LogP contribution < -0.4 is 4.90 Å². The first-order chi connectivity index (χ1) is 15.5. The standard InChI is InChI=1S/C13H21N3.C9H20N2.C6H15N/c1-13(2,3)16-10-8-15(9-11-16)12-6-4-5-7-14-12;1-9(2,3)11-7-5-10(4)6-8-11;1-6(2,3)7(4)5/h4-7H,8-11H2,1-3H3;5-8H2,1-4H3;1-5H3. The molecule has 0 bridgehead atoms.